The highest BCUT2D eigenvalue weighted by Crippen LogP contribution is 2.38. The normalized spacial score (nSPS) is 13.2. The van der Waals surface area contributed by atoms with Crippen LogP contribution < -0.4 is 25.2 Å². The van der Waals surface area contributed by atoms with Crippen molar-refractivity contribution in [2.45, 2.75) is 19.3 Å². The second kappa shape index (κ2) is 13.6. The van der Waals surface area contributed by atoms with E-state index in [1.807, 2.05) is 0 Å². The third-order valence-corrected chi connectivity index (χ3v) is 8.06. The standard InChI is InChI=1S/C33H32ClFN6O5/c1-39-31(38-41(33(39)43)26-9-4-3-8-23(26)34)32(42)37-21-10-11-28(24(35)18-21)46-27-12-13-36-25-20-30(29(44-2)19-22(25)27)45-17-7-16-40-14-5-6-15-40/h3-4,8-13,18-20H,5-7,14-17H2,1-2H3,(H,37,42). The minimum absolute atomic E-state index is 0.0675. The molecule has 46 heavy (non-hydrogen) atoms. The molecule has 13 heteroatoms. The number of rotatable bonds is 11. The Balaban J connectivity index is 1.16. The monoisotopic (exact) mass is 646 g/mol. The van der Waals surface area contributed by atoms with Crippen molar-refractivity contribution in [1.82, 2.24) is 24.2 Å². The molecule has 6 rings (SSSR count). The van der Waals surface area contributed by atoms with E-state index in [4.69, 9.17) is 25.8 Å². The van der Waals surface area contributed by atoms with Gasteiger partial charge in [0, 0.05) is 43.0 Å². The van der Waals surface area contributed by atoms with Gasteiger partial charge in [0.15, 0.2) is 23.1 Å². The molecule has 0 atom stereocenters. The Kier molecular flexibility index (Phi) is 9.18. The number of para-hydroxylation sites is 1. The van der Waals surface area contributed by atoms with Crippen LogP contribution in [0.3, 0.4) is 0 Å². The molecule has 1 fully saturated rings. The van der Waals surface area contributed by atoms with Crippen molar-refractivity contribution in [1.29, 1.82) is 0 Å². The molecular formula is C33H32ClFN6O5. The summed E-state index contributed by atoms with van der Waals surface area (Å²) >= 11 is 6.21. The maximum Gasteiger partial charge on any atom is 0.350 e. The van der Waals surface area contributed by atoms with E-state index < -0.39 is 17.4 Å². The molecule has 3 aromatic carbocycles. The summed E-state index contributed by atoms with van der Waals surface area (Å²) in [4.78, 5) is 32.7. The van der Waals surface area contributed by atoms with E-state index in [0.29, 0.717) is 45.5 Å². The van der Waals surface area contributed by atoms with Crippen LogP contribution in [-0.4, -0.2) is 63.5 Å². The Hall–Kier alpha value is -4.94. The topological polar surface area (TPSA) is 113 Å². The van der Waals surface area contributed by atoms with Crippen molar-refractivity contribution in [3.05, 3.63) is 94.0 Å². The van der Waals surface area contributed by atoms with Crippen LogP contribution in [0.25, 0.3) is 16.6 Å². The minimum Gasteiger partial charge on any atom is -0.493 e. The van der Waals surface area contributed by atoms with Gasteiger partial charge in [-0.25, -0.2) is 9.18 Å². The number of hydrogen-bond acceptors (Lipinski definition) is 8. The van der Waals surface area contributed by atoms with E-state index in [1.54, 1.807) is 55.8 Å². The van der Waals surface area contributed by atoms with Crippen LogP contribution >= 0.6 is 11.6 Å². The predicted octanol–water partition coefficient (Wildman–Crippen LogP) is 5.83. The number of anilines is 1. The summed E-state index contributed by atoms with van der Waals surface area (Å²) in [5, 5.41) is 7.63. The molecule has 5 aromatic rings. The van der Waals surface area contributed by atoms with Crippen LogP contribution in [0, 0.1) is 5.82 Å². The third kappa shape index (κ3) is 6.53. The summed E-state index contributed by atoms with van der Waals surface area (Å²) in [6, 6.07) is 15.8. The second-order valence-corrected chi connectivity index (χ2v) is 11.2. The Labute approximate surface area is 269 Å². The molecule has 0 bridgehead atoms. The predicted molar refractivity (Wildman–Crippen MR) is 172 cm³/mol. The second-order valence-electron chi connectivity index (χ2n) is 10.8. The number of fused-ring (bicyclic) bond motifs is 1. The number of carbonyl (C=O) groups is 1. The Morgan fingerprint density at radius 1 is 1.02 bits per heavy atom. The minimum atomic E-state index is -0.719. The number of likely N-dealkylation sites (tertiary alicyclic amines) is 1. The van der Waals surface area contributed by atoms with Crippen molar-refractivity contribution in [3.63, 3.8) is 0 Å². The SMILES string of the molecule is COc1cc2c(Oc3ccc(NC(=O)c4nn(-c5ccccc5Cl)c(=O)n4C)cc3F)ccnc2cc1OCCCN1CCCC1. The van der Waals surface area contributed by atoms with Crippen molar-refractivity contribution in [2.24, 2.45) is 7.05 Å². The Morgan fingerprint density at radius 2 is 1.83 bits per heavy atom. The molecule has 0 radical (unpaired) electrons. The number of benzene rings is 3. The van der Waals surface area contributed by atoms with E-state index in [2.05, 4.69) is 20.3 Å². The number of carbonyl (C=O) groups excluding carboxylic acids is 1. The van der Waals surface area contributed by atoms with Crippen LogP contribution in [0.2, 0.25) is 5.02 Å². The molecule has 1 N–H and O–H groups in total. The molecule has 1 aliphatic rings. The summed E-state index contributed by atoms with van der Waals surface area (Å²) in [7, 11) is 2.97. The average Bonchev–Trinajstić information content (AvgIpc) is 3.68. The fourth-order valence-corrected chi connectivity index (χ4v) is 5.56. The Morgan fingerprint density at radius 3 is 2.59 bits per heavy atom. The fraction of sp³-hybridized carbons (Fsp3) is 0.273. The van der Waals surface area contributed by atoms with E-state index in [-0.39, 0.29) is 17.3 Å². The molecule has 2 aromatic heterocycles. The van der Waals surface area contributed by atoms with Crippen molar-refractivity contribution >= 4 is 34.1 Å². The lowest BCUT2D eigenvalue weighted by atomic mass is 10.1. The zero-order chi connectivity index (χ0) is 32.2. The van der Waals surface area contributed by atoms with Crippen molar-refractivity contribution in [2.75, 3.05) is 38.7 Å². The Bertz CT molecular complexity index is 1960. The van der Waals surface area contributed by atoms with Crippen LogP contribution in [0.5, 0.6) is 23.0 Å². The van der Waals surface area contributed by atoms with Crippen LogP contribution in [0.1, 0.15) is 29.9 Å². The number of pyridine rings is 1. The first-order chi connectivity index (χ1) is 22.3. The lowest BCUT2D eigenvalue weighted by Crippen LogP contribution is -2.24. The maximum absolute atomic E-state index is 15.3. The number of amides is 1. The van der Waals surface area contributed by atoms with Gasteiger partial charge in [-0.2, -0.15) is 4.68 Å². The average molecular weight is 647 g/mol. The molecule has 1 amide bonds. The van der Waals surface area contributed by atoms with Crippen LogP contribution in [0.4, 0.5) is 10.1 Å². The summed E-state index contributed by atoms with van der Waals surface area (Å²) in [6.45, 7) is 3.82. The molecule has 0 spiro atoms. The lowest BCUT2D eigenvalue weighted by molar-refractivity contribution is 0.101. The van der Waals surface area contributed by atoms with Crippen molar-refractivity contribution in [3.8, 4) is 28.7 Å². The van der Waals surface area contributed by atoms with Crippen molar-refractivity contribution < 1.29 is 23.4 Å². The highest BCUT2D eigenvalue weighted by Gasteiger charge is 2.21. The van der Waals surface area contributed by atoms with Crippen LogP contribution in [0.15, 0.2) is 71.7 Å². The van der Waals surface area contributed by atoms with E-state index in [1.165, 1.54) is 32.0 Å². The quantitative estimate of drug-likeness (QED) is 0.179. The van der Waals surface area contributed by atoms with Gasteiger partial charge >= 0.3 is 5.69 Å². The van der Waals surface area contributed by atoms with E-state index in [9.17, 15) is 9.59 Å². The molecule has 3 heterocycles. The zero-order valence-electron chi connectivity index (χ0n) is 25.3. The molecule has 0 saturated carbocycles. The summed E-state index contributed by atoms with van der Waals surface area (Å²) in [5.74, 6) is -0.236. The number of aromatic nitrogens is 4. The number of hydrogen-bond donors (Lipinski definition) is 1. The van der Waals surface area contributed by atoms with Gasteiger partial charge in [-0.3, -0.25) is 14.3 Å². The smallest absolute Gasteiger partial charge is 0.350 e. The number of ether oxygens (including phenoxy) is 3. The van der Waals surface area contributed by atoms with Crippen LogP contribution in [-0.2, 0) is 7.05 Å². The van der Waals surface area contributed by atoms with E-state index in [0.717, 1.165) is 41.4 Å². The fourth-order valence-electron chi connectivity index (χ4n) is 5.35. The van der Waals surface area contributed by atoms with Gasteiger partial charge in [0.2, 0.25) is 5.82 Å². The lowest BCUT2D eigenvalue weighted by Gasteiger charge is -2.16. The first-order valence-electron chi connectivity index (χ1n) is 14.8. The highest BCUT2D eigenvalue weighted by molar-refractivity contribution is 6.32. The zero-order valence-corrected chi connectivity index (χ0v) is 26.1. The number of halogens is 2. The molecular weight excluding hydrogens is 615 g/mol. The first-order valence-corrected chi connectivity index (χ1v) is 15.2. The molecule has 1 saturated heterocycles. The van der Waals surface area contributed by atoms with Gasteiger partial charge < -0.3 is 24.4 Å². The largest absolute Gasteiger partial charge is 0.493 e. The van der Waals surface area contributed by atoms with Gasteiger partial charge in [0.25, 0.3) is 5.91 Å². The molecule has 11 nitrogen and oxygen atoms in total. The van der Waals surface area contributed by atoms with E-state index >= 15 is 4.39 Å². The number of nitrogens with zero attached hydrogens (tertiary/aromatic N) is 5. The first kappa shape index (κ1) is 31.1. The summed E-state index contributed by atoms with van der Waals surface area (Å²) in [6.07, 6.45) is 4.97. The van der Waals surface area contributed by atoms with Gasteiger partial charge in [0.05, 0.1) is 29.9 Å². The van der Waals surface area contributed by atoms with Gasteiger partial charge in [-0.05, 0) is 68.8 Å². The molecule has 1 aliphatic heterocycles. The molecule has 238 valence electrons. The summed E-state index contributed by atoms with van der Waals surface area (Å²) in [5.41, 5.74) is 0.501. The number of nitrogens with one attached hydrogen (secondary N) is 1. The third-order valence-electron chi connectivity index (χ3n) is 7.74. The van der Waals surface area contributed by atoms with Gasteiger partial charge in [0.1, 0.15) is 5.75 Å². The molecule has 0 unspecified atom stereocenters. The summed E-state index contributed by atoms with van der Waals surface area (Å²) < 4.78 is 35.0. The maximum atomic E-state index is 15.3. The molecule has 0 aliphatic carbocycles. The highest BCUT2D eigenvalue weighted by atomic mass is 35.5. The number of methoxy groups -OCH3 is 1. The van der Waals surface area contributed by atoms with Gasteiger partial charge in [-0.1, -0.05) is 23.7 Å². The van der Waals surface area contributed by atoms with Gasteiger partial charge in [-0.15, -0.1) is 5.10 Å².